The van der Waals surface area contributed by atoms with Crippen molar-refractivity contribution in [2.45, 2.75) is 13.8 Å². The van der Waals surface area contributed by atoms with Gasteiger partial charge in [0.05, 0.1) is 17.0 Å². The Balaban J connectivity index is 1.73. The van der Waals surface area contributed by atoms with E-state index in [0.717, 1.165) is 21.1 Å². The number of nitrogens with one attached hydrogen (secondary N) is 2. The summed E-state index contributed by atoms with van der Waals surface area (Å²) in [5, 5.41) is 5.28. The highest BCUT2D eigenvalue weighted by molar-refractivity contribution is 9.10. The minimum atomic E-state index is -0.347. The highest BCUT2D eigenvalue weighted by Crippen LogP contribution is 2.21. The number of fused-ring (bicyclic) bond motifs is 1. The van der Waals surface area contributed by atoms with Crippen LogP contribution in [0.15, 0.2) is 58.1 Å². The average molecular weight is 430 g/mol. The maximum absolute atomic E-state index is 12.5. The molecule has 3 rings (SSSR count). The van der Waals surface area contributed by atoms with Crippen LogP contribution in [0.1, 0.15) is 29.9 Å². The van der Waals surface area contributed by atoms with E-state index in [9.17, 15) is 4.79 Å². The number of H-pyrrole nitrogens is 1. The van der Waals surface area contributed by atoms with E-state index in [2.05, 4.69) is 31.4 Å². The van der Waals surface area contributed by atoms with Crippen molar-refractivity contribution in [3.05, 3.63) is 64.3 Å². The van der Waals surface area contributed by atoms with Gasteiger partial charge in [-0.05, 0) is 50.2 Å². The summed E-state index contributed by atoms with van der Waals surface area (Å²) in [6.45, 7) is 4.34. The fraction of sp³-hybridized carbons (Fsp3) is 0.200. The second-order valence-electron chi connectivity index (χ2n) is 5.80. The molecule has 1 amide bonds. The van der Waals surface area contributed by atoms with Crippen molar-refractivity contribution in [1.82, 2.24) is 10.4 Å². The topological polar surface area (TPSA) is 75.7 Å². The summed E-state index contributed by atoms with van der Waals surface area (Å²) in [6.07, 6.45) is 0. The lowest BCUT2D eigenvalue weighted by atomic mass is 10.2. The molecule has 3 aromatic rings. The molecule has 2 N–H and O–H groups in total. The van der Waals surface area contributed by atoms with Crippen molar-refractivity contribution in [2.24, 2.45) is 5.10 Å². The zero-order chi connectivity index (χ0) is 19.2. The molecule has 0 aliphatic heterocycles. The first kappa shape index (κ1) is 19.1. The number of hydrogen-bond acceptors (Lipinski definition) is 4. The summed E-state index contributed by atoms with van der Waals surface area (Å²) in [7, 11) is 0. The number of hydrogen-bond donors (Lipinski definition) is 2. The van der Waals surface area contributed by atoms with E-state index >= 15 is 0 Å². The van der Waals surface area contributed by atoms with Gasteiger partial charge in [0.15, 0.2) is 6.79 Å². The summed E-state index contributed by atoms with van der Waals surface area (Å²) < 4.78 is 11.7. The van der Waals surface area contributed by atoms with Gasteiger partial charge in [-0.3, -0.25) is 4.79 Å². The smallest absolute Gasteiger partial charge is 0.275 e. The molecule has 6 nitrogen and oxygen atoms in total. The Labute approximate surface area is 165 Å². The van der Waals surface area contributed by atoms with Gasteiger partial charge in [-0.15, -0.1) is 0 Å². The predicted octanol–water partition coefficient (Wildman–Crippen LogP) is 4.46. The third-order valence-electron chi connectivity index (χ3n) is 3.93. The minimum Gasteiger partial charge on any atom is -0.467 e. The molecule has 0 saturated carbocycles. The first-order chi connectivity index (χ1) is 13.1. The second-order valence-corrected chi connectivity index (χ2v) is 6.72. The fourth-order valence-electron chi connectivity index (χ4n) is 2.52. The SMILES string of the molecule is CCOCOc1ccccc1C(=O)N/N=C(\C)c1cc2cc(Br)ccc2[nH]1. The number of carbonyl (C=O) groups excluding carboxylic acids is 1. The number of ether oxygens (including phenoxy) is 2. The molecule has 0 atom stereocenters. The van der Waals surface area contributed by atoms with Gasteiger partial charge in [0.25, 0.3) is 5.91 Å². The molecule has 1 heterocycles. The summed E-state index contributed by atoms with van der Waals surface area (Å²) in [6, 6.07) is 14.9. The molecule has 140 valence electrons. The van der Waals surface area contributed by atoms with E-state index in [1.165, 1.54) is 0 Å². The molecular weight excluding hydrogens is 410 g/mol. The third-order valence-corrected chi connectivity index (χ3v) is 4.42. The molecule has 0 fully saturated rings. The van der Waals surface area contributed by atoms with Crippen molar-refractivity contribution in [3.8, 4) is 5.75 Å². The van der Waals surface area contributed by atoms with Gasteiger partial charge >= 0.3 is 0 Å². The number of carbonyl (C=O) groups is 1. The standard InChI is InChI=1S/C20H20BrN3O3/c1-3-26-12-27-19-7-5-4-6-16(19)20(25)24-23-13(2)18-11-14-10-15(21)8-9-17(14)22-18/h4-11,22H,3,12H2,1-2H3,(H,24,25)/b23-13+. The Morgan fingerprint density at radius 1 is 1.22 bits per heavy atom. The molecule has 1 aromatic heterocycles. The maximum atomic E-state index is 12.5. The molecule has 0 spiro atoms. The molecule has 7 heteroatoms. The van der Waals surface area contributed by atoms with E-state index in [1.54, 1.807) is 24.3 Å². The lowest BCUT2D eigenvalue weighted by Crippen LogP contribution is -2.20. The van der Waals surface area contributed by atoms with Gasteiger partial charge in [0.1, 0.15) is 5.75 Å². The largest absolute Gasteiger partial charge is 0.467 e. The zero-order valence-corrected chi connectivity index (χ0v) is 16.7. The number of nitrogens with zero attached hydrogens (tertiary/aromatic N) is 1. The minimum absolute atomic E-state index is 0.0910. The Hall–Kier alpha value is -2.64. The lowest BCUT2D eigenvalue weighted by Gasteiger charge is -2.10. The van der Waals surface area contributed by atoms with Crippen LogP contribution in [-0.2, 0) is 4.74 Å². The quantitative estimate of drug-likeness (QED) is 0.252. The first-order valence-electron chi connectivity index (χ1n) is 8.51. The van der Waals surface area contributed by atoms with Gasteiger partial charge < -0.3 is 14.5 Å². The summed E-state index contributed by atoms with van der Waals surface area (Å²) >= 11 is 3.46. The van der Waals surface area contributed by atoms with E-state index in [-0.39, 0.29) is 12.7 Å². The van der Waals surface area contributed by atoms with Crippen LogP contribution in [0.2, 0.25) is 0 Å². The Bertz CT molecular complexity index is 982. The van der Waals surface area contributed by atoms with Crippen LogP contribution in [0.4, 0.5) is 0 Å². The predicted molar refractivity (Wildman–Crippen MR) is 109 cm³/mol. The van der Waals surface area contributed by atoms with Crippen molar-refractivity contribution < 1.29 is 14.3 Å². The van der Waals surface area contributed by atoms with Gasteiger partial charge in [-0.2, -0.15) is 5.10 Å². The number of para-hydroxylation sites is 1. The second kappa shape index (κ2) is 8.83. The van der Waals surface area contributed by atoms with Crippen molar-refractivity contribution in [1.29, 1.82) is 0 Å². The van der Waals surface area contributed by atoms with Crippen LogP contribution in [-0.4, -0.2) is 30.0 Å². The van der Waals surface area contributed by atoms with Crippen molar-refractivity contribution in [2.75, 3.05) is 13.4 Å². The van der Waals surface area contributed by atoms with Crippen molar-refractivity contribution >= 4 is 38.5 Å². The molecule has 0 radical (unpaired) electrons. The fourth-order valence-corrected chi connectivity index (χ4v) is 2.90. The van der Waals surface area contributed by atoms with Gasteiger partial charge in [-0.25, -0.2) is 5.43 Å². The number of aromatic nitrogens is 1. The Morgan fingerprint density at radius 2 is 2.04 bits per heavy atom. The Kier molecular flexibility index (Phi) is 6.26. The van der Waals surface area contributed by atoms with Crippen LogP contribution in [0.25, 0.3) is 10.9 Å². The van der Waals surface area contributed by atoms with Gasteiger partial charge in [0, 0.05) is 22.0 Å². The number of hydrazone groups is 1. The molecule has 2 aromatic carbocycles. The maximum Gasteiger partial charge on any atom is 0.275 e. The monoisotopic (exact) mass is 429 g/mol. The number of aromatic amines is 1. The van der Waals surface area contributed by atoms with E-state index in [4.69, 9.17) is 9.47 Å². The lowest BCUT2D eigenvalue weighted by molar-refractivity contribution is 0.0219. The zero-order valence-electron chi connectivity index (χ0n) is 15.1. The van der Waals surface area contributed by atoms with Crippen molar-refractivity contribution in [3.63, 3.8) is 0 Å². The molecule has 0 aliphatic rings. The van der Waals surface area contributed by atoms with E-state index in [0.29, 0.717) is 23.6 Å². The number of benzene rings is 2. The summed E-state index contributed by atoms with van der Waals surface area (Å²) in [5.74, 6) is 0.104. The van der Waals surface area contributed by atoms with E-state index in [1.807, 2.05) is 38.1 Å². The molecule has 0 unspecified atom stereocenters. The van der Waals surface area contributed by atoms with Crippen LogP contribution >= 0.6 is 15.9 Å². The third kappa shape index (κ3) is 4.75. The van der Waals surface area contributed by atoms with Gasteiger partial charge in [0.2, 0.25) is 0 Å². The number of rotatable bonds is 7. The molecular formula is C20H20BrN3O3. The molecule has 0 aliphatic carbocycles. The van der Waals surface area contributed by atoms with Crippen LogP contribution in [0, 0.1) is 0 Å². The number of amides is 1. The highest BCUT2D eigenvalue weighted by Gasteiger charge is 2.12. The molecule has 0 bridgehead atoms. The summed E-state index contributed by atoms with van der Waals surface area (Å²) in [5.41, 5.74) is 5.49. The molecule has 0 saturated heterocycles. The normalized spacial score (nSPS) is 11.6. The summed E-state index contributed by atoms with van der Waals surface area (Å²) in [4.78, 5) is 15.8. The van der Waals surface area contributed by atoms with Crippen LogP contribution in [0.3, 0.4) is 0 Å². The van der Waals surface area contributed by atoms with Gasteiger partial charge in [-0.1, -0.05) is 28.1 Å². The highest BCUT2D eigenvalue weighted by atomic mass is 79.9. The Morgan fingerprint density at radius 3 is 2.85 bits per heavy atom. The molecule has 27 heavy (non-hydrogen) atoms. The number of halogens is 1. The van der Waals surface area contributed by atoms with Crippen LogP contribution < -0.4 is 10.2 Å². The first-order valence-corrected chi connectivity index (χ1v) is 9.30. The van der Waals surface area contributed by atoms with E-state index < -0.39 is 0 Å². The average Bonchev–Trinajstić information content (AvgIpc) is 3.09. The van der Waals surface area contributed by atoms with Crippen LogP contribution in [0.5, 0.6) is 5.75 Å².